The quantitative estimate of drug-likeness (QED) is 0.629. The van der Waals surface area contributed by atoms with E-state index in [1.165, 1.54) is 24.3 Å². The van der Waals surface area contributed by atoms with E-state index in [-0.39, 0.29) is 17.0 Å². The molecular weight excluding hydrogens is 381 g/mol. The summed E-state index contributed by atoms with van der Waals surface area (Å²) in [4.78, 5) is -0.00850. The van der Waals surface area contributed by atoms with Gasteiger partial charge in [-0.15, -0.1) is 0 Å². The van der Waals surface area contributed by atoms with Gasteiger partial charge in [-0.1, -0.05) is 42.5 Å². The van der Waals surface area contributed by atoms with Crippen molar-refractivity contribution >= 4 is 15.7 Å². The molecule has 3 rings (SSSR count). The maximum atomic E-state index is 13.9. The summed E-state index contributed by atoms with van der Waals surface area (Å²) in [5.41, 5.74) is 0.928. The molecule has 1 unspecified atom stereocenters. The van der Waals surface area contributed by atoms with E-state index in [9.17, 15) is 17.9 Å². The van der Waals surface area contributed by atoms with E-state index in [0.29, 0.717) is 16.9 Å². The minimum atomic E-state index is -4.03. The second-order valence-corrected chi connectivity index (χ2v) is 7.84. The molecule has 0 radical (unpaired) electrons. The summed E-state index contributed by atoms with van der Waals surface area (Å²) < 4.78 is 46.8. The number of nitrogens with one attached hydrogen (secondary N) is 1. The van der Waals surface area contributed by atoms with Gasteiger partial charge in [0.15, 0.2) is 0 Å². The Kier molecular flexibility index (Phi) is 5.96. The third-order valence-corrected chi connectivity index (χ3v) is 5.76. The number of benzene rings is 3. The highest BCUT2D eigenvalue weighted by atomic mass is 32.2. The third kappa shape index (κ3) is 4.49. The molecule has 0 aromatic heterocycles. The summed E-state index contributed by atoms with van der Waals surface area (Å²) >= 11 is 0. The number of halogens is 1. The van der Waals surface area contributed by atoms with Crippen molar-refractivity contribution in [1.82, 2.24) is 0 Å². The number of para-hydroxylation sites is 1. The number of aliphatic hydroxyl groups is 1. The smallest absolute Gasteiger partial charge is 0.262 e. The zero-order chi connectivity index (χ0) is 20.1. The zero-order valence-corrected chi connectivity index (χ0v) is 16.0. The average Bonchev–Trinajstić information content (AvgIpc) is 2.70. The maximum absolute atomic E-state index is 13.9. The summed E-state index contributed by atoms with van der Waals surface area (Å²) in [6.07, 6.45) is -0.823. The van der Waals surface area contributed by atoms with Gasteiger partial charge >= 0.3 is 0 Å². The average molecular weight is 401 g/mol. The molecule has 28 heavy (non-hydrogen) atoms. The number of rotatable bonds is 7. The SMILES string of the molecule is COc1ccc(C(O)Cc2ccccc2S(=O)(=O)Nc2ccccc2F)cc1. The molecule has 0 saturated heterocycles. The number of aliphatic hydroxyl groups excluding tert-OH is 1. The molecule has 5 nitrogen and oxygen atoms in total. The van der Waals surface area contributed by atoms with Crippen LogP contribution in [0.5, 0.6) is 5.75 Å². The van der Waals surface area contributed by atoms with E-state index < -0.39 is 21.9 Å². The van der Waals surface area contributed by atoms with Crippen LogP contribution in [0.4, 0.5) is 10.1 Å². The molecule has 0 heterocycles. The number of hydrogen-bond donors (Lipinski definition) is 2. The Balaban J connectivity index is 1.86. The molecule has 3 aromatic carbocycles. The normalized spacial score (nSPS) is 12.4. The van der Waals surface area contributed by atoms with Crippen molar-refractivity contribution in [2.24, 2.45) is 0 Å². The van der Waals surface area contributed by atoms with Crippen LogP contribution < -0.4 is 9.46 Å². The molecule has 0 aliphatic heterocycles. The predicted molar refractivity (Wildman–Crippen MR) is 105 cm³/mol. The molecule has 0 aliphatic rings. The lowest BCUT2D eigenvalue weighted by molar-refractivity contribution is 0.177. The first-order chi connectivity index (χ1) is 13.4. The summed E-state index contributed by atoms with van der Waals surface area (Å²) in [5, 5.41) is 10.5. The molecule has 0 amide bonds. The summed E-state index contributed by atoms with van der Waals surface area (Å²) in [6.45, 7) is 0. The topological polar surface area (TPSA) is 75.6 Å². The first kappa shape index (κ1) is 19.9. The van der Waals surface area contributed by atoms with Gasteiger partial charge in [-0.2, -0.15) is 0 Å². The van der Waals surface area contributed by atoms with E-state index in [0.717, 1.165) is 0 Å². The van der Waals surface area contributed by atoms with Crippen LogP contribution in [0.3, 0.4) is 0 Å². The van der Waals surface area contributed by atoms with E-state index in [1.54, 1.807) is 55.6 Å². The minimum Gasteiger partial charge on any atom is -0.497 e. The second kappa shape index (κ2) is 8.41. The molecule has 0 spiro atoms. The Morgan fingerprint density at radius 2 is 1.64 bits per heavy atom. The number of sulfonamides is 1. The van der Waals surface area contributed by atoms with Crippen LogP contribution in [0.15, 0.2) is 77.7 Å². The van der Waals surface area contributed by atoms with Crippen molar-refractivity contribution in [3.8, 4) is 5.75 Å². The number of ether oxygens (including phenoxy) is 1. The number of hydrogen-bond acceptors (Lipinski definition) is 4. The van der Waals surface area contributed by atoms with Crippen LogP contribution in [0.25, 0.3) is 0 Å². The zero-order valence-electron chi connectivity index (χ0n) is 15.2. The lowest BCUT2D eigenvalue weighted by Gasteiger charge is -2.16. The van der Waals surface area contributed by atoms with Crippen molar-refractivity contribution in [2.45, 2.75) is 17.4 Å². The van der Waals surface area contributed by atoms with Crippen molar-refractivity contribution in [3.05, 3.63) is 89.7 Å². The molecule has 146 valence electrons. The summed E-state index contributed by atoms with van der Waals surface area (Å²) in [6, 6.07) is 18.8. The molecule has 0 bridgehead atoms. The Bertz CT molecular complexity index is 1050. The Hall–Kier alpha value is -2.90. The van der Waals surface area contributed by atoms with Crippen LogP contribution in [0.1, 0.15) is 17.2 Å². The predicted octanol–water partition coefficient (Wildman–Crippen LogP) is 3.91. The third-order valence-electron chi connectivity index (χ3n) is 4.29. The van der Waals surface area contributed by atoms with Gasteiger partial charge in [0.2, 0.25) is 0 Å². The van der Waals surface area contributed by atoms with Gasteiger partial charge in [0.1, 0.15) is 11.6 Å². The van der Waals surface area contributed by atoms with Gasteiger partial charge < -0.3 is 9.84 Å². The monoisotopic (exact) mass is 401 g/mol. The molecule has 2 N–H and O–H groups in total. The van der Waals surface area contributed by atoms with Gasteiger partial charge in [-0.05, 0) is 41.5 Å². The maximum Gasteiger partial charge on any atom is 0.262 e. The van der Waals surface area contributed by atoms with E-state index in [2.05, 4.69) is 4.72 Å². The van der Waals surface area contributed by atoms with E-state index >= 15 is 0 Å². The Labute approximate surface area is 163 Å². The van der Waals surface area contributed by atoms with Gasteiger partial charge in [-0.25, -0.2) is 12.8 Å². The molecule has 7 heteroatoms. The van der Waals surface area contributed by atoms with Crippen molar-refractivity contribution < 1.29 is 22.7 Å². The molecule has 0 fully saturated rings. The molecule has 0 aliphatic carbocycles. The number of methoxy groups -OCH3 is 1. The summed E-state index contributed by atoms with van der Waals surface area (Å²) in [5.74, 6) is -0.00478. The first-order valence-electron chi connectivity index (χ1n) is 8.58. The van der Waals surface area contributed by atoms with Crippen molar-refractivity contribution in [1.29, 1.82) is 0 Å². The Morgan fingerprint density at radius 3 is 2.32 bits per heavy atom. The van der Waals surface area contributed by atoms with Crippen LogP contribution in [0.2, 0.25) is 0 Å². The van der Waals surface area contributed by atoms with Crippen LogP contribution >= 0.6 is 0 Å². The first-order valence-corrected chi connectivity index (χ1v) is 10.1. The van der Waals surface area contributed by atoms with Gasteiger partial charge in [0.25, 0.3) is 10.0 Å². The highest BCUT2D eigenvalue weighted by Gasteiger charge is 2.21. The second-order valence-electron chi connectivity index (χ2n) is 6.19. The highest BCUT2D eigenvalue weighted by molar-refractivity contribution is 7.92. The fraction of sp³-hybridized carbons (Fsp3) is 0.143. The fourth-order valence-corrected chi connectivity index (χ4v) is 4.15. The van der Waals surface area contributed by atoms with Gasteiger partial charge in [0.05, 0.1) is 23.8 Å². The lowest BCUT2D eigenvalue weighted by Crippen LogP contribution is -2.17. The lowest BCUT2D eigenvalue weighted by atomic mass is 10.0. The minimum absolute atomic E-state index is 0.00850. The number of anilines is 1. The van der Waals surface area contributed by atoms with Gasteiger partial charge in [-0.3, -0.25) is 4.72 Å². The van der Waals surface area contributed by atoms with E-state index in [4.69, 9.17) is 4.74 Å². The fourth-order valence-electron chi connectivity index (χ4n) is 2.83. The molecule has 0 saturated carbocycles. The largest absolute Gasteiger partial charge is 0.497 e. The van der Waals surface area contributed by atoms with Gasteiger partial charge in [0, 0.05) is 6.42 Å². The standard InChI is InChI=1S/C21H20FNO4S/c1-27-17-12-10-15(11-13-17)20(24)14-16-6-2-5-9-21(16)28(25,26)23-19-8-4-3-7-18(19)22/h2-13,20,23-24H,14H2,1H3. The highest BCUT2D eigenvalue weighted by Crippen LogP contribution is 2.26. The molecule has 1 atom stereocenters. The van der Waals surface area contributed by atoms with Crippen LogP contribution in [-0.4, -0.2) is 20.6 Å². The van der Waals surface area contributed by atoms with E-state index in [1.807, 2.05) is 0 Å². The van der Waals surface area contributed by atoms with Crippen LogP contribution in [-0.2, 0) is 16.4 Å². The molecular formula is C21H20FNO4S. The van der Waals surface area contributed by atoms with Crippen LogP contribution in [0, 0.1) is 5.82 Å². The van der Waals surface area contributed by atoms with Crippen molar-refractivity contribution in [2.75, 3.05) is 11.8 Å². The van der Waals surface area contributed by atoms with Crippen molar-refractivity contribution in [3.63, 3.8) is 0 Å². The summed E-state index contributed by atoms with van der Waals surface area (Å²) in [7, 11) is -2.48. The molecule has 3 aromatic rings. The Morgan fingerprint density at radius 1 is 1.00 bits per heavy atom.